The summed E-state index contributed by atoms with van der Waals surface area (Å²) in [4.78, 5) is 98.6. The van der Waals surface area contributed by atoms with Crippen LogP contribution in [-0.4, -0.2) is 102 Å². The first kappa shape index (κ1) is 40.9. The van der Waals surface area contributed by atoms with E-state index in [1.54, 1.807) is 13.8 Å². The van der Waals surface area contributed by atoms with Crippen molar-refractivity contribution in [1.29, 1.82) is 0 Å². The average molecular weight is 643 g/mol. The van der Waals surface area contributed by atoms with Crippen molar-refractivity contribution in [3.63, 3.8) is 0 Å². The molecule has 0 aromatic heterocycles. The number of primary amides is 1. The molecule has 0 spiro atoms. The molecule has 0 aliphatic carbocycles. The van der Waals surface area contributed by atoms with E-state index in [4.69, 9.17) is 11.5 Å². The lowest BCUT2D eigenvalue weighted by atomic mass is 9.96. The number of ketones is 1. The maximum atomic E-state index is 13.3. The molecule has 0 fully saturated rings. The van der Waals surface area contributed by atoms with Crippen molar-refractivity contribution in [3.8, 4) is 0 Å². The number of carbonyl (C=O) groups is 8. The summed E-state index contributed by atoms with van der Waals surface area (Å²) < 4.78 is 0. The number of unbranched alkanes of at least 4 members (excludes halogenated alkanes) is 1. The van der Waals surface area contributed by atoms with E-state index in [1.165, 1.54) is 27.7 Å². The van der Waals surface area contributed by atoms with Crippen LogP contribution in [0.5, 0.6) is 0 Å². The first-order chi connectivity index (χ1) is 21.0. The van der Waals surface area contributed by atoms with Gasteiger partial charge in [-0.05, 0) is 52.5 Å². The van der Waals surface area contributed by atoms with E-state index in [2.05, 4.69) is 31.9 Å². The van der Waals surface area contributed by atoms with Gasteiger partial charge in [-0.2, -0.15) is 0 Å². The number of amides is 7. The number of carbonyl (C=O) groups excluding carboxylic acids is 8. The largest absolute Gasteiger partial charge is 0.391 e. The highest BCUT2D eigenvalue weighted by atomic mass is 16.3. The Morgan fingerprint density at radius 3 is 1.80 bits per heavy atom. The van der Waals surface area contributed by atoms with Crippen LogP contribution in [0.1, 0.15) is 73.6 Å². The van der Waals surface area contributed by atoms with Gasteiger partial charge in [-0.1, -0.05) is 20.3 Å². The van der Waals surface area contributed by atoms with Gasteiger partial charge >= 0.3 is 0 Å². The monoisotopic (exact) mass is 642 g/mol. The Hall–Kier alpha value is -4.12. The van der Waals surface area contributed by atoms with E-state index >= 15 is 0 Å². The molecule has 0 heterocycles. The van der Waals surface area contributed by atoms with Crippen LogP contribution in [0.4, 0.5) is 0 Å². The summed E-state index contributed by atoms with van der Waals surface area (Å²) in [5.41, 5.74) is 10.5. The van der Waals surface area contributed by atoms with E-state index in [-0.39, 0.29) is 13.0 Å². The first-order valence-electron chi connectivity index (χ1n) is 14.9. The highest BCUT2D eigenvalue weighted by Crippen LogP contribution is 2.11. The Morgan fingerprint density at radius 2 is 1.29 bits per heavy atom. The fourth-order valence-corrected chi connectivity index (χ4v) is 3.97. The Balaban J connectivity index is 5.49. The second-order valence-electron chi connectivity index (χ2n) is 10.9. The molecule has 17 nitrogen and oxygen atoms in total. The molecule has 0 rings (SSSR count). The third-order valence-corrected chi connectivity index (χ3v) is 6.88. The van der Waals surface area contributed by atoms with Gasteiger partial charge < -0.3 is 48.5 Å². The van der Waals surface area contributed by atoms with Crippen molar-refractivity contribution in [2.24, 2.45) is 17.4 Å². The molecule has 0 radical (unpaired) electrons. The van der Waals surface area contributed by atoms with Gasteiger partial charge in [0.1, 0.15) is 24.2 Å². The summed E-state index contributed by atoms with van der Waals surface area (Å²) in [6, 6.07) is -6.14. The fourth-order valence-electron chi connectivity index (χ4n) is 3.97. The maximum absolute atomic E-state index is 13.3. The fraction of sp³-hybridized carbons (Fsp3) is 0.714. The van der Waals surface area contributed by atoms with Gasteiger partial charge in [0.15, 0.2) is 0 Å². The molecule has 11 N–H and O–H groups in total. The summed E-state index contributed by atoms with van der Waals surface area (Å²) in [5.74, 6) is -6.71. The van der Waals surface area contributed by atoms with Crippen molar-refractivity contribution in [2.75, 3.05) is 13.1 Å². The second-order valence-corrected chi connectivity index (χ2v) is 10.9. The third-order valence-electron chi connectivity index (χ3n) is 6.88. The second kappa shape index (κ2) is 20.8. The van der Waals surface area contributed by atoms with E-state index in [0.717, 1.165) is 0 Å². The zero-order valence-corrected chi connectivity index (χ0v) is 26.9. The van der Waals surface area contributed by atoms with E-state index in [1.807, 2.05) is 0 Å². The van der Waals surface area contributed by atoms with Crippen LogP contribution in [0.2, 0.25) is 0 Å². The van der Waals surface area contributed by atoms with Crippen LogP contribution >= 0.6 is 0 Å². The first-order valence-corrected chi connectivity index (χ1v) is 14.9. The highest BCUT2D eigenvalue weighted by Gasteiger charge is 2.34. The normalized spacial score (nSPS) is 15.5. The lowest BCUT2D eigenvalue weighted by Gasteiger charge is -2.29. The molecule has 1 unspecified atom stereocenters. The number of rotatable bonds is 21. The quantitative estimate of drug-likeness (QED) is 0.0442. The molecule has 45 heavy (non-hydrogen) atoms. The van der Waals surface area contributed by atoms with E-state index in [9.17, 15) is 43.5 Å². The number of hydrogen-bond donors (Lipinski definition) is 9. The summed E-state index contributed by atoms with van der Waals surface area (Å²) >= 11 is 0. The van der Waals surface area contributed by atoms with Gasteiger partial charge in [-0.25, -0.2) is 0 Å². The summed E-state index contributed by atoms with van der Waals surface area (Å²) in [6.45, 7) is 8.78. The molecule has 7 atom stereocenters. The minimum absolute atomic E-state index is 0.161. The van der Waals surface area contributed by atoms with E-state index < -0.39 is 89.4 Å². The third kappa shape index (κ3) is 15.4. The minimum Gasteiger partial charge on any atom is -0.391 e. The molecular weight excluding hydrogens is 592 g/mol. The molecule has 0 saturated heterocycles. The number of Topliss-reactive ketones (excluding diaryl/α,β-unsaturated/α-hetero) is 1. The van der Waals surface area contributed by atoms with Gasteiger partial charge in [0, 0.05) is 19.9 Å². The number of nitrogens with two attached hydrogens (primary N) is 2. The highest BCUT2D eigenvalue weighted by molar-refractivity contribution is 6.38. The van der Waals surface area contributed by atoms with Crippen molar-refractivity contribution in [1.82, 2.24) is 31.9 Å². The maximum Gasteiger partial charge on any atom is 0.289 e. The number of nitrogens with one attached hydrogen (secondary N) is 6. The Kier molecular flexibility index (Phi) is 18.9. The average Bonchev–Trinajstić information content (AvgIpc) is 2.96. The molecule has 0 aliphatic rings. The van der Waals surface area contributed by atoms with Crippen LogP contribution < -0.4 is 43.4 Å². The summed E-state index contributed by atoms with van der Waals surface area (Å²) in [5, 5.41) is 24.8. The molecule has 0 aromatic carbocycles. The molecule has 0 saturated carbocycles. The van der Waals surface area contributed by atoms with Gasteiger partial charge in [-0.15, -0.1) is 0 Å². The molecule has 0 aromatic rings. The minimum atomic E-state index is -1.54. The van der Waals surface area contributed by atoms with Gasteiger partial charge in [0.05, 0.1) is 12.1 Å². The van der Waals surface area contributed by atoms with Crippen molar-refractivity contribution < 1.29 is 43.5 Å². The van der Waals surface area contributed by atoms with Gasteiger partial charge in [-0.3, -0.25) is 38.4 Å². The Morgan fingerprint density at radius 1 is 0.733 bits per heavy atom. The zero-order chi connectivity index (χ0) is 34.9. The van der Waals surface area contributed by atoms with Crippen LogP contribution in [-0.2, 0) is 38.4 Å². The van der Waals surface area contributed by atoms with Crippen molar-refractivity contribution >= 4 is 47.1 Å². The topological polar surface area (TPSA) is 281 Å². The Labute approximate surface area is 263 Å². The lowest BCUT2D eigenvalue weighted by Crippen LogP contribution is -2.61. The molecule has 0 bridgehead atoms. The molecule has 7 amide bonds. The molecule has 17 heteroatoms. The SMILES string of the molecule is CC[C@H](C)[C@H](NC(=O)[C@H](CCCCN)NC(C)=O)C(=O)N[C@H](C(=O)N[C@@H](C)C(=O)NC(C)C(=O)C(=O)NCCC(N)=O)[C@@H](C)O. The standard InChI is InChI=1S/C28H50N8O9/c1-7-14(2)21(35-25(42)19(34-18(6)38)10-8-9-12-29)26(43)36-22(17(5)37)27(44)33-16(4)24(41)32-15(3)23(40)28(45)31-13-11-20(30)39/h14-17,19,21-22,37H,7-13,29H2,1-6H3,(H2,30,39)(H,31,45)(H,32,41)(H,33,44)(H,34,38)(H,35,42)(H,36,43)/t14-,15?,16-,17+,19-,21-,22-/m0/s1. The zero-order valence-electron chi connectivity index (χ0n) is 26.9. The van der Waals surface area contributed by atoms with Crippen LogP contribution in [0.3, 0.4) is 0 Å². The van der Waals surface area contributed by atoms with Gasteiger partial charge in [0.2, 0.25) is 41.2 Å². The lowest BCUT2D eigenvalue weighted by molar-refractivity contribution is -0.140. The molecule has 0 aliphatic heterocycles. The van der Waals surface area contributed by atoms with Crippen LogP contribution in [0, 0.1) is 5.92 Å². The van der Waals surface area contributed by atoms with Crippen molar-refractivity contribution in [2.45, 2.75) is 110 Å². The number of aliphatic hydroxyl groups excluding tert-OH is 1. The van der Waals surface area contributed by atoms with Gasteiger partial charge in [0.25, 0.3) is 5.91 Å². The van der Waals surface area contributed by atoms with Crippen LogP contribution in [0.25, 0.3) is 0 Å². The van der Waals surface area contributed by atoms with Crippen LogP contribution in [0.15, 0.2) is 0 Å². The smallest absolute Gasteiger partial charge is 0.289 e. The Bertz CT molecular complexity index is 1070. The number of aliphatic hydroxyl groups is 1. The predicted molar refractivity (Wildman–Crippen MR) is 163 cm³/mol. The molecule has 256 valence electrons. The van der Waals surface area contributed by atoms with E-state index in [0.29, 0.717) is 32.2 Å². The molecular formula is C28H50N8O9. The van der Waals surface area contributed by atoms with Crippen molar-refractivity contribution in [3.05, 3.63) is 0 Å². The summed E-state index contributed by atoms with van der Waals surface area (Å²) in [7, 11) is 0. The predicted octanol–water partition coefficient (Wildman–Crippen LogP) is -3.41. The summed E-state index contributed by atoms with van der Waals surface area (Å²) in [6.07, 6.45) is 0.330. The number of hydrogen-bond acceptors (Lipinski definition) is 10.